The van der Waals surface area contributed by atoms with Gasteiger partial charge in [-0.2, -0.15) is 5.10 Å². The Balaban J connectivity index is 0.00000243. The summed E-state index contributed by atoms with van der Waals surface area (Å²) in [6.45, 7) is 2.40. The van der Waals surface area contributed by atoms with Gasteiger partial charge in [0.15, 0.2) is 5.69 Å². The van der Waals surface area contributed by atoms with Crippen LogP contribution in [-0.2, 0) is 0 Å². The topological polar surface area (TPSA) is 93.3 Å². The molecule has 9 heteroatoms. The zero-order valence-corrected chi connectivity index (χ0v) is 15.3. The number of halogens is 1. The van der Waals surface area contributed by atoms with Crippen molar-refractivity contribution in [3.63, 3.8) is 0 Å². The Labute approximate surface area is 157 Å². The first-order valence-corrected chi connectivity index (χ1v) is 8.33. The number of carbonyl (C=O) groups is 1. The molecule has 1 fully saturated rings. The molecule has 2 heterocycles. The van der Waals surface area contributed by atoms with Crippen molar-refractivity contribution in [2.75, 3.05) is 26.7 Å². The highest BCUT2D eigenvalue weighted by Crippen LogP contribution is 2.19. The molecule has 0 aliphatic carbocycles. The molecule has 1 unspecified atom stereocenters. The summed E-state index contributed by atoms with van der Waals surface area (Å²) in [6.07, 6.45) is 3.83. The first-order chi connectivity index (χ1) is 12.1. The molecule has 1 aliphatic heterocycles. The van der Waals surface area contributed by atoms with Gasteiger partial charge in [-0.25, -0.2) is 4.68 Å². The minimum Gasteiger partial charge on any atom is -0.337 e. The van der Waals surface area contributed by atoms with E-state index < -0.39 is 4.92 Å². The van der Waals surface area contributed by atoms with Crippen LogP contribution in [0.1, 0.15) is 23.3 Å². The molecule has 1 aromatic carbocycles. The van der Waals surface area contributed by atoms with E-state index in [1.807, 2.05) is 11.9 Å². The van der Waals surface area contributed by atoms with Crippen LogP contribution in [0.5, 0.6) is 0 Å². The maximum Gasteiger partial charge on any atom is 0.274 e. The average molecular weight is 380 g/mol. The molecule has 0 radical (unpaired) electrons. The van der Waals surface area contributed by atoms with Crippen LogP contribution in [0.25, 0.3) is 5.69 Å². The third-order valence-electron chi connectivity index (χ3n) is 4.43. The van der Waals surface area contributed by atoms with Gasteiger partial charge in [-0.1, -0.05) is 0 Å². The average Bonchev–Trinajstić information content (AvgIpc) is 3.12. The normalized spacial score (nSPS) is 16.8. The van der Waals surface area contributed by atoms with Crippen molar-refractivity contribution < 1.29 is 9.72 Å². The van der Waals surface area contributed by atoms with Gasteiger partial charge in [0.05, 0.1) is 10.6 Å². The first-order valence-electron chi connectivity index (χ1n) is 8.33. The lowest BCUT2D eigenvalue weighted by atomic mass is 9.98. The zero-order chi connectivity index (χ0) is 17.8. The Hall–Kier alpha value is -2.45. The number of likely N-dealkylation sites (tertiary alicyclic amines) is 1. The molecule has 1 amide bonds. The van der Waals surface area contributed by atoms with Crippen molar-refractivity contribution in [3.05, 3.63) is 52.3 Å². The van der Waals surface area contributed by atoms with Gasteiger partial charge in [0, 0.05) is 31.4 Å². The lowest BCUT2D eigenvalue weighted by molar-refractivity contribution is -0.384. The second-order valence-electron chi connectivity index (χ2n) is 6.24. The second kappa shape index (κ2) is 8.77. The highest BCUT2D eigenvalue weighted by atomic mass is 35.5. The molecule has 1 saturated heterocycles. The summed E-state index contributed by atoms with van der Waals surface area (Å²) in [6, 6.07) is 7.76. The van der Waals surface area contributed by atoms with Crippen LogP contribution in [0.4, 0.5) is 5.69 Å². The summed E-state index contributed by atoms with van der Waals surface area (Å²) in [7, 11) is 1.92. The number of benzene rings is 1. The monoisotopic (exact) mass is 379 g/mol. The molecular weight excluding hydrogens is 358 g/mol. The quantitative estimate of drug-likeness (QED) is 0.635. The second-order valence-corrected chi connectivity index (χ2v) is 6.24. The van der Waals surface area contributed by atoms with E-state index in [2.05, 4.69) is 10.4 Å². The molecule has 1 atom stereocenters. The van der Waals surface area contributed by atoms with E-state index in [4.69, 9.17) is 0 Å². The molecule has 1 N–H and O–H groups in total. The molecule has 1 aromatic heterocycles. The fourth-order valence-electron chi connectivity index (χ4n) is 3.18. The summed E-state index contributed by atoms with van der Waals surface area (Å²) in [4.78, 5) is 24.8. The largest absolute Gasteiger partial charge is 0.337 e. The van der Waals surface area contributed by atoms with Crippen LogP contribution < -0.4 is 5.32 Å². The van der Waals surface area contributed by atoms with Crippen molar-refractivity contribution in [1.29, 1.82) is 0 Å². The van der Waals surface area contributed by atoms with Crippen molar-refractivity contribution in [2.24, 2.45) is 5.92 Å². The number of aromatic nitrogens is 2. The van der Waals surface area contributed by atoms with Crippen molar-refractivity contribution in [1.82, 2.24) is 20.0 Å². The standard InChI is InChI=1S/C17H21N5O3.ClH/c1-18-11-13-3-2-9-20(12-13)17(23)16-8-10-21(19-16)14-4-6-15(7-5-14)22(24)25;/h4-8,10,13,18H,2-3,9,11-12H2,1H3;1H. The fraction of sp³-hybridized carbons (Fsp3) is 0.412. The number of amides is 1. The number of piperidine rings is 1. The summed E-state index contributed by atoms with van der Waals surface area (Å²) in [5.41, 5.74) is 1.09. The Bertz CT molecular complexity index is 760. The third-order valence-corrected chi connectivity index (χ3v) is 4.43. The van der Waals surface area contributed by atoms with Crippen LogP contribution >= 0.6 is 12.4 Å². The Morgan fingerprint density at radius 3 is 2.73 bits per heavy atom. The third kappa shape index (κ3) is 4.39. The molecule has 3 rings (SSSR count). The Morgan fingerprint density at radius 1 is 1.35 bits per heavy atom. The SMILES string of the molecule is CNCC1CCCN(C(=O)c2ccn(-c3ccc([N+](=O)[O-])cc3)n2)C1.Cl. The first kappa shape index (κ1) is 19.9. The van der Waals surface area contributed by atoms with Crippen LogP contribution in [0.3, 0.4) is 0 Å². The summed E-state index contributed by atoms with van der Waals surface area (Å²) in [5.74, 6) is 0.404. The highest BCUT2D eigenvalue weighted by molar-refractivity contribution is 5.92. The van der Waals surface area contributed by atoms with Gasteiger partial charge in [-0.15, -0.1) is 12.4 Å². The molecule has 26 heavy (non-hydrogen) atoms. The minimum atomic E-state index is -0.445. The molecule has 140 valence electrons. The van der Waals surface area contributed by atoms with Gasteiger partial charge >= 0.3 is 0 Å². The maximum atomic E-state index is 12.7. The summed E-state index contributed by atoms with van der Waals surface area (Å²) < 4.78 is 1.56. The number of rotatable bonds is 5. The number of nitrogens with zero attached hydrogens (tertiary/aromatic N) is 4. The minimum absolute atomic E-state index is 0. The molecule has 0 spiro atoms. The lowest BCUT2D eigenvalue weighted by Gasteiger charge is -2.32. The number of nitrogens with one attached hydrogen (secondary N) is 1. The van der Waals surface area contributed by atoms with Crippen LogP contribution in [0.15, 0.2) is 36.5 Å². The Kier molecular flexibility index (Phi) is 6.70. The van der Waals surface area contributed by atoms with Gasteiger partial charge in [0.1, 0.15) is 0 Å². The fourth-order valence-corrected chi connectivity index (χ4v) is 3.18. The van der Waals surface area contributed by atoms with E-state index in [0.29, 0.717) is 17.3 Å². The summed E-state index contributed by atoms with van der Waals surface area (Å²) in [5, 5.41) is 18.2. The van der Waals surface area contributed by atoms with Gasteiger partial charge in [-0.3, -0.25) is 14.9 Å². The van der Waals surface area contributed by atoms with Crippen molar-refractivity contribution in [2.45, 2.75) is 12.8 Å². The Morgan fingerprint density at radius 2 is 2.08 bits per heavy atom. The zero-order valence-electron chi connectivity index (χ0n) is 14.5. The number of nitro benzene ring substituents is 1. The van der Waals surface area contributed by atoms with E-state index in [1.165, 1.54) is 12.1 Å². The van der Waals surface area contributed by atoms with Gasteiger partial charge in [-0.05, 0) is 50.6 Å². The number of non-ortho nitro benzene ring substituents is 1. The van der Waals surface area contributed by atoms with Crippen LogP contribution in [0.2, 0.25) is 0 Å². The van der Waals surface area contributed by atoms with Crippen molar-refractivity contribution in [3.8, 4) is 5.69 Å². The van der Waals surface area contributed by atoms with Crippen molar-refractivity contribution >= 4 is 24.0 Å². The van der Waals surface area contributed by atoms with E-state index in [9.17, 15) is 14.9 Å². The molecule has 1 aliphatic rings. The highest BCUT2D eigenvalue weighted by Gasteiger charge is 2.25. The number of nitro groups is 1. The number of carbonyl (C=O) groups excluding carboxylic acids is 1. The number of hydrogen-bond acceptors (Lipinski definition) is 5. The maximum absolute atomic E-state index is 12.7. The van der Waals surface area contributed by atoms with E-state index in [1.54, 1.807) is 29.1 Å². The molecular formula is C17H22ClN5O3. The molecule has 8 nitrogen and oxygen atoms in total. The van der Waals surface area contributed by atoms with E-state index in [0.717, 1.165) is 32.5 Å². The van der Waals surface area contributed by atoms with Gasteiger partial charge in [0.25, 0.3) is 11.6 Å². The van der Waals surface area contributed by atoms with Crippen LogP contribution in [0, 0.1) is 16.0 Å². The predicted molar refractivity (Wildman–Crippen MR) is 100 cm³/mol. The van der Waals surface area contributed by atoms with E-state index >= 15 is 0 Å². The smallest absolute Gasteiger partial charge is 0.274 e. The van der Waals surface area contributed by atoms with Gasteiger partial charge < -0.3 is 10.2 Å². The molecule has 0 bridgehead atoms. The predicted octanol–water partition coefficient (Wildman–Crippen LogP) is 2.27. The van der Waals surface area contributed by atoms with Crippen LogP contribution in [-0.4, -0.2) is 52.2 Å². The summed E-state index contributed by atoms with van der Waals surface area (Å²) >= 11 is 0. The van der Waals surface area contributed by atoms with Gasteiger partial charge in [0.2, 0.25) is 0 Å². The molecule has 2 aromatic rings. The molecule has 0 saturated carbocycles. The lowest BCUT2D eigenvalue weighted by Crippen LogP contribution is -2.42. The number of hydrogen-bond donors (Lipinski definition) is 1. The van der Waals surface area contributed by atoms with E-state index in [-0.39, 0.29) is 24.0 Å².